The smallest absolute Gasteiger partial charge is 0.0708 e. The van der Waals surface area contributed by atoms with Crippen molar-refractivity contribution in [2.45, 2.75) is 71.6 Å². The van der Waals surface area contributed by atoms with Crippen molar-refractivity contribution >= 4 is 10.8 Å². The van der Waals surface area contributed by atoms with E-state index in [-0.39, 0.29) is 10.8 Å². The van der Waals surface area contributed by atoms with Gasteiger partial charge in [0.15, 0.2) is 0 Å². The summed E-state index contributed by atoms with van der Waals surface area (Å²) in [6, 6.07) is 16.0. The highest BCUT2D eigenvalue weighted by Crippen LogP contribution is 2.47. The van der Waals surface area contributed by atoms with E-state index in [0.29, 0.717) is 5.92 Å². The maximum Gasteiger partial charge on any atom is 0.0708 e. The van der Waals surface area contributed by atoms with E-state index in [4.69, 9.17) is 4.98 Å². The molecule has 0 unspecified atom stereocenters. The number of aromatic nitrogens is 1. The highest BCUT2D eigenvalue weighted by Gasteiger charge is 2.37. The van der Waals surface area contributed by atoms with E-state index in [1.165, 1.54) is 45.9 Å². The lowest BCUT2D eigenvalue weighted by molar-refractivity contribution is 0.332. The van der Waals surface area contributed by atoms with E-state index >= 15 is 0 Å². The largest absolute Gasteiger partial charge is 0.256 e. The topological polar surface area (TPSA) is 12.9 Å². The summed E-state index contributed by atoms with van der Waals surface area (Å²) in [5.74, 6) is 0.664. The summed E-state index contributed by atoms with van der Waals surface area (Å²) < 4.78 is 0. The zero-order valence-corrected chi connectivity index (χ0v) is 18.3. The van der Waals surface area contributed by atoms with E-state index < -0.39 is 0 Å². The van der Waals surface area contributed by atoms with Crippen LogP contribution in [-0.4, -0.2) is 4.98 Å². The van der Waals surface area contributed by atoms with Gasteiger partial charge in [0.25, 0.3) is 0 Å². The summed E-state index contributed by atoms with van der Waals surface area (Å²) >= 11 is 0. The van der Waals surface area contributed by atoms with Crippen LogP contribution < -0.4 is 0 Å². The molecule has 1 heterocycles. The summed E-state index contributed by atoms with van der Waals surface area (Å²) in [4.78, 5) is 4.83. The molecule has 1 heteroatoms. The van der Waals surface area contributed by atoms with Gasteiger partial charge in [-0.15, -0.1) is 0 Å². The Bertz CT molecular complexity index is 1020. The van der Waals surface area contributed by atoms with E-state index in [0.717, 1.165) is 12.1 Å². The van der Waals surface area contributed by atoms with E-state index in [2.05, 4.69) is 90.2 Å². The first-order valence-electron chi connectivity index (χ1n) is 10.7. The molecule has 0 fully saturated rings. The van der Waals surface area contributed by atoms with Gasteiger partial charge < -0.3 is 0 Å². The minimum Gasteiger partial charge on any atom is -0.256 e. The predicted octanol–water partition coefficient (Wildman–Crippen LogP) is 7.45. The van der Waals surface area contributed by atoms with Gasteiger partial charge >= 0.3 is 0 Å². The normalized spacial score (nSPS) is 17.7. The van der Waals surface area contributed by atoms with Gasteiger partial charge in [-0.3, -0.25) is 4.98 Å². The maximum atomic E-state index is 4.83. The predicted molar refractivity (Wildman–Crippen MR) is 121 cm³/mol. The summed E-state index contributed by atoms with van der Waals surface area (Å²) in [6.45, 7) is 14.1. The Balaban J connectivity index is 1.82. The molecule has 0 spiro atoms. The Hall–Kier alpha value is -2.15. The van der Waals surface area contributed by atoms with Gasteiger partial charge in [0.05, 0.1) is 5.69 Å². The minimum absolute atomic E-state index is 0.236. The van der Waals surface area contributed by atoms with Crippen LogP contribution in [0.5, 0.6) is 0 Å². The second kappa shape index (κ2) is 6.72. The number of fused-ring (bicyclic) bond motifs is 2. The highest BCUT2D eigenvalue weighted by atomic mass is 14.7. The monoisotopic (exact) mass is 371 g/mol. The highest BCUT2D eigenvalue weighted by molar-refractivity contribution is 5.87. The molecule has 28 heavy (non-hydrogen) atoms. The van der Waals surface area contributed by atoms with Gasteiger partial charge in [0.1, 0.15) is 0 Å². The van der Waals surface area contributed by atoms with Gasteiger partial charge in [0.2, 0.25) is 0 Å². The molecular formula is C27H33N. The zero-order valence-electron chi connectivity index (χ0n) is 18.3. The first kappa shape index (κ1) is 19.2. The Morgan fingerprint density at radius 1 is 0.857 bits per heavy atom. The summed E-state index contributed by atoms with van der Waals surface area (Å²) in [5, 5.41) is 2.57. The number of rotatable bonds is 3. The third-order valence-corrected chi connectivity index (χ3v) is 6.56. The molecule has 1 aliphatic rings. The second-order valence-corrected chi connectivity index (χ2v) is 10.4. The number of pyridine rings is 1. The van der Waals surface area contributed by atoms with E-state index in [1.807, 2.05) is 0 Å². The van der Waals surface area contributed by atoms with Crippen LogP contribution in [0, 0.1) is 5.92 Å². The van der Waals surface area contributed by atoms with Gasteiger partial charge in [-0.1, -0.05) is 65.8 Å². The molecule has 0 bridgehead atoms. The number of hydrogen-bond donors (Lipinski definition) is 0. The van der Waals surface area contributed by atoms with E-state index in [9.17, 15) is 0 Å². The van der Waals surface area contributed by atoms with E-state index in [1.54, 1.807) is 0 Å². The van der Waals surface area contributed by atoms with Crippen LogP contribution in [-0.2, 0) is 17.3 Å². The fourth-order valence-corrected chi connectivity index (χ4v) is 4.69. The average molecular weight is 372 g/mol. The van der Waals surface area contributed by atoms with Gasteiger partial charge in [0, 0.05) is 17.1 Å². The molecule has 0 saturated carbocycles. The van der Waals surface area contributed by atoms with Crippen molar-refractivity contribution in [3.05, 3.63) is 65.4 Å². The fraction of sp³-hybridized carbons (Fsp3) is 0.444. The SMILES string of the molecule is CC(C)Cc1cccc(-c2cc3cc4c(cc3cn2)C(C)(C)CCC4(C)C)c1. The average Bonchev–Trinajstić information content (AvgIpc) is 2.64. The molecule has 0 amide bonds. The molecular weight excluding hydrogens is 338 g/mol. The molecule has 0 radical (unpaired) electrons. The van der Waals surface area contributed by atoms with Crippen molar-refractivity contribution in [2.75, 3.05) is 0 Å². The summed E-state index contributed by atoms with van der Waals surface area (Å²) in [6.07, 6.45) is 5.66. The first-order valence-corrected chi connectivity index (χ1v) is 10.7. The number of benzene rings is 2. The standard InChI is InChI=1S/C27H33N/c1-18(2)12-19-8-7-9-20(13-19)25-16-21-14-23-24(15-22(21)17-28-25)27(5,6)11-10-26(23,3)4/h7-9,13-18H,10-12H2,1-6H3. The lowest BCUT2D eigenvalue weighted by Crippen LogP contribution is -2.33. The van der Waals surface area contributed by atoms with Gasteiger partial charge in [-0.2, -0.15) is 0 Å². The van der Waals surface area contributed by atoms with Crippen molar-refractivity contribution < 1.29 is 0 Å². The molecule has 1 aliphatic carbocycles. The molecule has 2 aromatic carbocycles. The molecule has 146 valence electrons. The Labute approximate surface area is 170 Å². The summed E-state index contributed by atoms with van der Waals surface area (Å²) in [7, 11) is 0. The van der Waals surface area contributed by atoms with Crippen LogP contribution in [0.3, 0.4) is 0 Å². The molecule has 0 atom stereocenters. The lowest BCUT2D eigenvalue weighted by Gasteiger charge is -2.42. The Kier molecular flexibility index (Phi) is 4.61. The van der Waals surface area contributed by atoms with Crippen molar-refractivity contribution in [1.82, 2.24) is 4.98 Å². The molecule has 1 aromatic heterocycles. The van der Waals surface area contributed by atoms with Crippen LogP contribution in [0.4, 0.5) is 0 Å². The van der Waals surface area contributed by atoms with Crippen molar-refractivity contribution in [3.63, 3.8) is 0 Å². The Morgan fingerprint density at radius 3 is 2.14 bits per heavy atom. The van der Waals surface area contributed by atoms with Crippen LogP contribution >= 0.6 is 0 Å². The molecule has 3 aromatic rings. The fourth-order valence-electron chi connectivity index (χ4n) is 4.69. The second-order valence-electron chi connectivity index (χ2n) is 10.4. The van der Waals surface area contributed by atoms with Crippen molar-refractivity contribution in [3.8, 4) is 11.3 Å². The quantitative estimate of drug-likeness (QED) is 0.466. The zero-order chi connectivity index (χ0) is 20.1. The van der Waals surface area contributed by atoms with Gasteiger partial charge in [-0.05, 0) is 76.3 Å². The molecule has 0 N–H and O–H groups in total. The molecule has 0 saturated heterocycles. The van der Waals surface area contributed by atoms with Crippen molar-refractivity contribution in [2.24, 2.45) is 5.92 Å². The van der Waals surface area contributed by atoms with Crippen LogP contribution in [0.2, 0.25) is 0 Å². The molecule has 4 rings (SSSR count). The lowest BCUT2D eigenvalue weighted by atomic mass is 9.63. The third kappa shape index (κ3) is 3.48. The number of nitrogens with zero attached hydrogens (tertiary/aromatic N) is 1. The van der Waals surface area contributed by atoms with Crippen LogP contribution in [0.15, 0.2) is 48.7 Å². The molecule has 1 nitrogen and oxygen atoms in total. The Morgan fingerprint density at radius 2 is 1.50 bits per heavy atom. The number of hydrogen-bond acceptors (Lipinski definition) is 1. The minimum atomic E-state index is 0.236. The molecule has 0 aliphatic heterocycles. The maximum absolute atomic E-state index is 4.83. The van der Waals surface area contributed by atoms with Crippen LogP contribution in [0.25, 0.3) is 22.0 Å². The first-order chi connectivity index (χ1) is 13.2. The van der Waals surface area contributed by atoms with Crippen LogP contribution in [0.1, 0.15) is 71.1 Å². The third-order valence-electron chi connectivity index (χ3n) is 6.56. The van der Waals surface area contributed by atoms with Gasteiger partial charge in [-0.25, -0.2) is 0 Å². The van der Waals surface area contributed by atoms with Crippen molar-refractivity contribution in [1.29, 1.82) is 0 Å². The summed E-state index contributed by atoms with van der Waals surface area (Å²) in [5.41, 5.74) is 7.18.